The molecule has 1 saturated heterocycles. The van der Waals surface area contributed by atoms with E-state index in [9.17, 15) is 0 Å². The van der Waals surface area contributed by atoms with Crippen molar-refractivity contribution in [2.24, 2.45) is 4.99 Å². The summed E-state index contributed by atoms with van der Waals surface area (Å²) in [5.74, 6) is 1.80. The van der Waals surface area contributed by atoms with Gasteiger partial charge in [-0.05, 0) is 57.8 Å². The molecule has 1 unspecified atom stereocenters. The van der Waals surface area contributed by atoms with E-state index in [2.05, 4.69) is 52.6 Å². The van der Waals surface area contributed by atoms with E-state index in [1.54, 1.807) is 0 Å². The van der Waals surface area contributed by atoms with Crippen LogP contribution in [-0.4, -0.2) is 50.2 Å². The van der Waals surface area contributed by atoms with Gasteiger partial charge in [0.2, 0.25) is 0 Å². The summed E-state index contributed by atoms with van der Waals surface area (Å²) in [6.07, 6.45) is 3.82. The van der Waals surface area contributed by atoms with Crippen LogP contribution in [0.3, 0.4) is 0 Å². The topological polar surface area (TPSA) is 48.9 Å². The molecule has 1 atom stereocenters. The highest BCUT2D eigenvalue weighted by atomic mass is 16.5. The molecule has 25 heavy (non-hydrogen) atoms. The Morgan fingerprint density at radius 2 is 2.00 bits per heavy atom. The fourth-order valence-corrected chi connectivity index (χ4v) is 3.35. The zero-order chi connectivity index (χ0) is 18.1. The number of guanidine groups is 1. The molecule has 0 radical (unpaired) electrons. The molecule has 1 fully saturated rings. The van der Waals surface area contributed by atoms with Gasteiger partial charge in [-0.25, -0.2) is 0 Å². The van der Waals surface area contributed by atoms with Crippen LogP contribution < -0.4 is 15.4 Å². The third kappa shape index (κ3) is 5.92. The van der Waals surface area contributed by atoms with Gasteiger partial charge in [-0.15, -0.1) is 0 Å². The van der Waals surface area contributed by atoms with E-state index < -0.39 is 0 Å². The molecule has 0 saturated carbocycles. The number of hydrogen-bond donors (Lipinski definition) is 2. The van der Waals surface area contributed by atoms with Gasteiger partial charge in [0.25, 0.3) is 0 Å². The molecule has 0 aromatic heterocycles. The van der Waals surface area contributed by atoms with Crippen molar-refractivity contribution < 1.29 is 4.74 Å². The number of rotatable bonds is 8. The van der Waals surface area contributed by atoms with E-state index >= 15 is 0 Å². The molecule has 0 aliphatic carbocycles. The molecule has 0 spiro atoms. The van der Waals surface area contributed by atoms with E-state index in [1.165, 1.54) is 31.5 Å². The Morgan fingerprint density at radius 1 is 1.24 bits per heavy atom. The van der Waals surface area contributed by atoms with E-state index in [0.29, 0.717) is 19.2 Å². The lowest BCUT2D eigenvalue weighted by atomic mass is 10.1. The summed E-state index contributed by atoms with van der Waals surface area (Å²) in [5, 5.41) is 6.90. The number of hydrogen-bond acceptors (Lipinski definition) is 3. The van der Waals surface area contributed by atoms with Crippen molar-refractivity contribution in [1.29, 1.82) is 0 Å². The Balaban J connectivity index is 1.87. The minimum absolute atomic E-state index is 0.583. The number of aryl methyl sites for hydroxylation is 1. The highest BCUT2D eigenvalue weighted by molar-refractivity contribution is 5.79. The van der Waals surface area contributed by atoms with Gasteiger partial charge < -0.3 is 15.4 Å². The maximum absolute atomic E-state index is 5.76. The SMILES string of the molecule is CCOc1cc(C)ccc1CNC(=NC)NCC(CC)N1CCCC1. The molecule has 0 bridgehead atoms. The van der Waals surface area contributed by atoms with Crippen LogP contribution in [0.2, 0.25) is 0 Å². The van der Waals surface area contributed by atoms with E-state index in [0.717, 1.165) is 30.2 Å². The number of aliphatic imine (C=N–C) groups is 1. The third-order valence-electron chi connectivity index (χ3n) is 4.83. The minimum Gasteiger partial charge on any atom is -0.494 e. The summed E-state index contributed by atoms with van der Waals surface area (Å²) in [7, 11) is 1.82. The Labute approximate surface area is 152 Å². The second-order valence-electron chi connectivity index (χ2n) is 6.66. The van der Waals surface area contributed by atoms with Crippen LogP contribution >= 0.6 is 0 Å². The Kier molecular flexibility index (Phi) is 8.06. The van der Waals surface area contributed by atoms with Crippen LogP contribution in [0.1, 0.15) is 44.2 Å². The van der Waals surface area contributed by atoms with Crippen molar-refractivity contribution in [2.45, 2.75) is 52.6 Å². The number of likely N-dealkylation sites (tertiary alicyclic amines) is 1. The average Bonchev–Trinajstić information content (AvgIpc) is 3.14. The zero-order valence-electron chi connectivity index (χ0n) is 16.3. The first-order valence-corrected chi connectivity index (χ1v) is 9.58. The Hall–Kier alpha value is -1.75. The van der Waals surface area contributed by atoms with Gasteiger partial charge in [-0.3, -0.25) is 9.89 Å². The van der Waals surface area contributed by atoms with Gasteiger partial charge >= 0.3 is 0 Å². The lowest BCUT2D eigenvalue weighted by Gasteiger charge is -2.27. The predicted octanol–water partition coefficient (Wildman–Crippen LogP) is 2.93. The largest absolute Gasteiger partial charge is 0.494 e. The van der Waals surface area contributed by atoms with Gasteiger partial charge in [0.05, 0.1) is 6.61 Å². The highest BCUT2D eigenvalue weighted by Crippen LogP contribution is 2.20. The smallest absolute Gasteiger partial charge is 0.191 e. The lowest BCUT2D eigenvalue weighted by Crippen LogP contribution is -2.46. The van der Waals surface area contributed by atoms with Gasteiger partial charge in [0.1, 0.15) is 5.75 Å². The number of nitrogens with zero attached hydrogens (tertiary/aromatic N) is 2. The first-order chi connectivity index (χ1) is 12.2. The summed E-state index contributed by atoms with van der Waals surface area (Å²) in [6, 6.07) is 6.92. The van der Waals surface area contributed by atoms with Gasteiger partial charge in [0, 0.05) is 31.7 Å². The van der Waals surface area contributed by atoms with Crippen molar-refractivity contribution in [3.8, 4) is 5.75 Å². The molecule has 1 aromatic rings. The van der Waals surface area contributed by atoms with Gasteiger partial charge in [0.15, 0.2) is 5.96 Å². The van der Waals surface area contributed by atoms with Crippen molar-refractivity contribution in [3.63, 3.8) is 0 Å². The van der Waals surface area contributed by atoms with Gasteiger partial charge in [-0.2, -0.15) is 0 Å². The monoisotopic (exact) mass is 346 g/mol. The molecular weight excluding hydrogens is 312 g/mol. The maximum atomic E-state index is 5.76. The van der Waals surface area contributed by atoms with Crippen LogP contribution in [0.15, 0.2) is 23.2 Å². The molecule has 0 amide bonds. The molecule has 1 aliphatic heterocycles. The Bertz CT molecular complexity index is 553. The molecular formula is C20H34N4O. The predicted molar refractivity (Wildman–Crippen MR) is 105 cm³/mol. The van der Waals surface area contributed by atoms with E-state index in [4.69, 9.17) is 4.74 Å². The molecule has 2 rings (SSSR count). The number of ether oxygens (including phenoxy) is 1. The van der Waals surface area contributed by atoms with Crippen molar-refractivity contribution in [2.75, 3.05) is 33.3 Å². The Morgan fingerprint density at radius 3 is 2.64 bits per heavy atom. The van der Waals surface area contributed by atoms with Crippen LogP contribution in [0.25, 0.3) is 0 Å². The quantitative estimate of drug-likeness (QED) is 0.561. The van der Waals surface area contributed by atoms with Gasteiger partial charge in [-0.1, -0.05) is 19.1 Å². The van der Waals surface area contributed by atoms with Crippen LogP contribution in [0, 0.1) is 6.92 Å². The second kappa shape index (κ2) is 10.3. The summed E-state index contributed by atoms with van der Waals surface area (Å²) in [5.41, 5.74) is 2.37. The molecule has 140 valence electrons. The first kappa shape index (κ1) is 19.6. The minimum atomic E-state index is 0.583. The molecule has 5 heteroatoms. The van der Waals surface area contributed by atoms with E-state index in [-0.39, 0.29) is 0 Å². The molecule has 5 nitrogen and oxygen atoms in total. The lowest BCUT2D eigenvalue weighted by molar-refractivity contribution is 0.236. The van der Waals surface area contributed by atoms with Crippen LogP contribution in [0.5, 0.6) is 5.75 Å². The highest BCUT2D eigenvalue weighted by Gasteiger charge is 2.20. The number of nitrogens with one attached hydrogen (secondary N) is 2. The summed E-state index contributed by atoms with van der Waals surface area (Å²) >= 11 is 0. The maximum Gasteiger partial charge on any atom is 0.191 e. The standard InChI is InChI=1S/C20H34N4O/c1-5-18(24-11-7-8-12-24)15-23-20(21-4)22-14-17-10-9-16(3)13-19(17)25-6-2/h9-10,13,18H,5-8,11-12,14-15H2,1-4H3,(H2,21,22,23). The molecule has 1 aliphatic rings. The summed E-state index contributed by atoms with van der Waals surface area (Å²) in [6.45, 7) is 11.1. The summed E-state index contributed by atoms with van der Waals surface area (Å²) in [4.78, 5) is 6.96. The fourth-order valence-electron chi connectivity index (χ4n) is 3.35. The molecule has 1 heterocycles. The second-order valence-corrected chi connectivity index (χ2v) is 6.66. The number of benzene rings is 1. The van der Waals surface area contributed by atoms with Crippen molar-refractivity contribution in [3.05, 3.63) is 29.3 Å². The molecule has 2 N–H and O–H groups in total. The normalized spacial score (nSPS) is 16.7. The van der Waals surface area contributed by atoms with Crippen molar-refractivity contribution >= 4 is 5.96 Å². The molecule has 1 aromatic carbocycles. The summed E-state index contributed by atoms with van der Waals surface area (Å²) < 4.78 is 5.76. The zero-order valence-corrected chi connectivity index (χ0v) is 16.3. The average molecular weight is 347 g/mol. The third-order valence-corrected chi connectivity index (χ3v) is 4.83. The fraction of sp³-hybridized carbons (Fsp3) is 0.650. The van der Waals surface area contributed by atoms with E-state index in [1.807, 2.05) is 14.0 Å². The first-order valence-electron chi connectivity index (χ1n) is 9.58. The van der Waals surface area contributed by atoms with Crippen LogP contribution in [0.4, 0.5) is 0 Å². The van der Waals surface area contributed by atoms with Crippen molar-refractivity contribution in [1.82, 2.24) is 15.5 Å². The van der Waals surface area contributed by atoms with Crippen LogP contribution in [-0.2, 0) is 6.54 Å².